The molecular weight excluding hydrogens is 501 g/mol. The van der Waals surface area contributed by atoms with Gasteiger partial charge in [-0.1, -0.05) is 115 Å². The van der Waals surface area contributed by atoms with E-state index in [9.17, 15) is 0 Å². The van der Waals surface area contributed by atoms with E-state index in [0.717, 1.165) is 0 Å². The molecule has 0 fully saturated rings. The van der Waals surface area contributed by atoms with E-state index in [0.29, 0.717) is 0 Å². The smallest absolute Gasteiger partial charge is 0.136 e. The molecule has 192 valence electrons. The molecule has 2 heteroatoms. The first kappa shape index (κ1) is 24.6. The van der Waals surface area contributed by atoms with Crippen molar-refractivity contribution in [1.82, 2.24) is 4.57 Å². The molecule has 0 saturated carbocycles. The van der Waals surface area contributed by atoms with Crippen molar-refractivity contribution in [1.29, 1.82) is 0 Å². The third-order valence-corrected chi connectivity index (χ3v) is 12.9. The maximum atomic E-state index is 2.39. The van der Waals surface area contributed by atoms with E-state index in [1.54, 1.807) is 0 Å². The summed E-state index contributed by atoms with van der Waals surface area (Å²) < 4.78 is 2.30. The van der Waals surface area contributed by atoms with Crippen molar-refractivity contribution in [2.45, 2.75) is 5.66 Å². The van der Waals surface area contributed by atoms with Crippen LogP contribution in [0, 0.1) is 0 Å². The zero-order valence-corrected chi connectivity index (χ0v) is 23.5. The largest absolute Gasteiger partial charge is 0.350 e. The summed E-state index contributed by atoms with van der Waals surface area (Å²) in [4.78, 5) is 0. The highest BCUT2D eigenvalue weighted by Gasteiger charge is 2.54. The molecule has 1 heterocycles. The summed E-state index contributed by atoms with van der Waals surface area (Å²) >= 11 is 0. The molecule has 1 nitrogen and oxygen atoms in total. The van der Waals surface area contributed by atoms with Gasteiger partial charge in [-0.25, -0.2) is 0 Å². The number of benzene rings is 6. The zero-order valence-electron chi connectivity index (χ0n) is 22.6. The van der Waals surface area contributed by atoms with Gasteiger partial charge >= 0.3 is 0 Å². The van der Waals surface area contributed by atoms with Crippen molar-refractivity contribution < 1.29 is 0 Å². The van der Waals surface area contributed by atoms with Gasteiger partial charge in [-0.2, -0.15) is 0 Å². The van der Waals surface area contributed by atoms with Crippen LogP contribution in [-0.4, -0.2) is 4.57 Å². The Morgan fingerprint density at radius 3 is 1.52 bits per heavy atom. The van der Waals surface area contributed by atoms with Gasteiger partial charge in [0, 0.05) is 35.3 Å². The van der Waals surface area contributed by atoms with Crippen LogP contribution in [0.3, 0.4) is 0 Å². The Hall–Kier alpha value is -4.45. The van der Waals surface area contributed by atoms with Gasteiger partial charge < -0.3 is 4.57 Å². The molecule has 7 rings (SSSR count). The molecule has 7 aromatic rings. The third-order valence-electron chi connectivity index (χ3n) is 8.22. The van der Waals surface area contributed by atoms with E-state index in [1.165, 1.54) is 48.7 Å². The highest BCUT2D eigenvalue weighted by atomic mass is 31.2. The van der Waals surface area contributed by atoms with Crippen LogP contribution in [0.2, 0.25) is 0 Å². The quantitative estimate of drug-likeness (QED) is 0.190. The maximum absolute atomic E-state index is 2.39. The molecule has 0 spiro atoms. The van der Waals surface area contributed by atoms with Gasteiger partial charge in [-0.15, -0.1) is 0 Å². The van der Waals surface area contributed by atoms with E-state index in [-0.39, 0.29) is 5.66 Å². The van der Waals surface area contributed by atoms with Gasteiger partial charge in [0.25, 0.3) is 0 Å². The predicted molar refractivity (Wildman–Crippen MR) is 174 cm³/mol. The maximum Gasteiger partial charge on any atom is 0.136 e. The minimum atomic E-state index is -2.32. The number of aromatic nitrogens is 1. The summed E-state index contributed by atoms with van der Waals surface area (Å²) in [6.07, 6.45) is 2.39. The van der Waals surface area contributed by atoms with Gasteiger partial charge in [0.05, 0.1) is 0 Å². The second-order valence-corrected chi connectivity index (χ2v) is 13.9. The summed E-state index contributed by atoms with van der Waals surface area (Å²) in [6.45, 7) is 0. The molecule has 1 atom stereocenters. The van der Waals surface area contributed by atoms with Crippen LogP contribution in [0.4, 0.5) is 0 Å². The fraction of sp³-hybridized carbons (Fsp3) is 0.0526. The second-order valence-electron chi connectivity index (χ2n) is 10.4. The van der Waals surface area contributed by atoms with Crippen molar-refractivity contribution in [3.63, 3.8) is 0 Å². The Morgan fingerprint density at radius 1 is 0.450 bits per heavy atom. The second kappa shape index (κ2) is 10.3. The monoisotopic (exact) mass is 532 g/mol. The summed E-state index contributed by atoms with van der Waals surface area (Å²) in [7, 11) is -0.136. The molecule has 1 unspecified atom stereocenters. The number of rotatable bonds is 6. The third kappa shape index (κ3) is 3.89. The van der Waals surface area contributed by atoms with E-state index in [1.807, 2.05) is 0 Å². The fourth-order valence-corrected chi connectivity index (χ4v) is 11.5. The number of hydrogen-bond donors (Lipinski definition) is 0. The standard InChI is InChI=1S/C38H31NP/c1-39-28-36(34-25-13-14-27-37(34)39)38(35-26-15-17-29-16-11-12-24-33(29)35)40(30-18-5-2-6-19-30,31-20-7-3-8-21-31)32-22-9-4-10-23-32/h2-28,38H,1H3/q+1. The van der Waals surface area contributed by atoms with Crippen LogP contribution in [-0.2, 0) is 7.05 Å². The number of nitrogens with zero attached hydrogens (tertiary/aromatic N) is 1. The molecule has 0 aliphatic carbocycles. The molecule has 40 heavy (non-hydrogen) atoms. The minimum Gasteiger partial charge on any atom is -0.350 e. The molecule has 0 amide bonds. The molecule has 0 aliphatic heterocycles. The topological polar surface area (TPSA) is 4.93 Å². The summed E-state index contributed by atoms with van der Waals surface area (Å²) in [6, 6.07) is 58.4. The van der Waals surface area contributed by atoms with Crippen LogP contribution in [0.1, 0.15) is 16.8 Å². The summed E-state index contributed by atoms with van der Waals surface area (Å²) in [5, 5.41) is 8.07. The lowest BCUT2D eigenvalue weighted by molar-refractivity contribution is 0.955. The lowest BCUT2D eigenvalue weighted by atomic mass is 9.97. The molecular formula is C38H31NP+. The van der Waals surface area contributed by atoms with Crippen LogP contribution < -0.4 is 15.9 Å². The highest BCUT2D eigenvalue weighted by molar-refractivity contribution is 7.96. The molecule has 0 aliphatic rings. The first-order chi connectivity index (χ1) is 19.8. The van der Waals surface area contributed by atoms with E-state index < -0.39 is 7.26 Å². The lowest BCUT2D eigenvalue weighted by Gasteiger charge is -2.35. The van der Waals surface area contributed by atoms with Crippen molar-refractivity contribution in [3.8, 4) is 0 Å². The van der Waals surface area contributed by atoms with Gasteiger partial charge in [-0.05, 0) is 53.2 Å². The Labute approximate surface area is 236 Å². The van der Waals surface area contributed by atoms with E-state index in [2.05, 4.69) is 176 Å². The number of para-hydroxylation sites is 1. The number of hydrogen-bond acceptors (Lipinski definition) is 0. The molecule has 1 aromatic heterocycles. The van der Waals surface area contributed by atoms with Crippen LogP contribution >= 0.6 is 7.26 Å². The van der Waals surface area contributed by atoms with Crippen LogP contribution in [0.5, 0.6) is 0 Å². The first-order valence-electron chi connectivity index (χ1n) is 13.9. The van der Waals surface area contributed by atoms with Gasteiger partial charge in [0.15, 0.2) is 0 Å². The zero-order chi connectivity index (χ0) is 26.9. The Kier molecular flexibility index (Phi) is 6.31. The molecule has 0 saturated heterocycles. The van der Waals surface area contributed by atoms with Gasteiger partial charge in [-0.3, -0.25) is 0 Å². The summed E-state index contributed by atoms with van der Waals surface area (Å²) in [5.41, 5.74) is 4.10. The lowest BCUT2D eigenvalue weighted by Crippen LogP contribution is -2.35. The van der Waals surface area contributed by atoms with E-state index >= 15 is 0 Å². The normalized spacial score (nSPS) is 12.5. The summed E-state index contributed by atoms with van der Waals surface area (Å²) in [5.74, 6) is 0. The molecule has 0 radical (unpaired) electrons. The minimum absolute atomic E-state index is 0.0944. The predicted octanol–water partition coefficient (Wildman–Crippen LogP) is 8.42. The molecule has 0 bridgehead atoms. The Balaban J connectivity index is 1.72. The van der Waals surface area contributed by atoms with Gasteiger partial charge in [0.1, 0.15) is 28.8 Å². The fourth-order valence-electron chi connectivity index (χ4n) is 6.55. The Morgan fingerprint density at radius 2 is 0.925 bits per heavy atom. The van der Waals surface area contributed by atoms with Gasteiger partial charge in [0.2, 0.25) is 0 Å². The molecule has 0 N–H and O–H groups in total. The molecule has 6 aromatic carbocycles. The van der Waals surface area contributed by atoms with E-state index in [4.69, 9.17) is 0 Å². The highest BCUT2D eigenvalue weighted by Crippen LogP contribution is 2.70. The Bertz CT molecular complexity index is 1800. The average molecular weight is 533 g/mol. The van der Waals surface area contributed by atoms with Crippen molar-refractivity contribution >= 4 is 44.9 Å². The number of fused-ring (bicyclic) bond motifs is 2. The van der Waals surface area contributed by atoms with Crippen LogP contribution in [0.25, 0.3) is 21.7 Å². The average Bonchev–Trinajstić information content (AvgIpc) is 3.36. The van der Waals surface area contributed by atoms with Crippen LogP contribution in [0.15, 0.2) is 164 Å². The van der Waals surface area contributed by atoms with Crippen molar-refractivity contribution in [2.24, 2.45) is 7.05 Å². The first-order valence-corrected chi connectivity index (χ1v) is 15.7. The van der Waals surface area contributed by atoms with Crippen molar-refractivity contribution in [2.75, 3.05) is 0 Å². The SMILES string of the molecule is Cn1cc(C(c2cccc3ccccc23)[P+](c2ccccc2)(c2ccccc2)c2ccccc2)c2ccccc21. The van der Waals surface area contributed by atoms with Crippen molar-refractivity contribution in [3.05, 3.63) is 175 Å². The number of aryl methyl sites for hydroxylation is 1.